The molecule has 0 unspecified atom stereocenters. The number of hydrogen-bond acceptors (Lipinski definition) is 4. The first-order valence-electron chi connectivity index (χ1n) is 4.96. The van der Waals surface area contributed by atoms with Gasteiger partial charge in [-0.3, -0.25) is 0 Å². The highest BCUT2D eigenvalue weighted by Gasteiger charge is 1.99. The first kappa shape index (κ1) is 11.2. The molecular weight excluding hydrogens is 180 g/mol. The Balaban J connectivity index is 2.12. The second-order valence-corrected chi connectivity index (χ2v) is 3.20. The van der Waals surface area contributed by atoms with Crippen LogP contribution in [0.5, 0.6) is 0 Å². The van der Waals surface area contributed by atoms with Gasteiger partial charge in [-0.05, 0) is 38.1 Å². The van der Waals surface area contributed by atoms with E-state index in [-0.39, 0.29) is 6.61 Å². The summed E-state index contributed by atoms with van der Waals surface area (Å²) in [6.07, 6.45) is 2.14. The number of unbranched alkanes of at least 4 members (excludes halogenated alkanes) is 1. The number of nitrogens with one attached hydrogen (secondary N) is 1. The minimum atomic E-state index is -0.0346. The summed E-state index contributed by atoms with van der Waals surface area (Å²) >= 11 is 0. The molecule has 0 radical (unpaired) electrons. The summed E-state index contributed by atoms with van der Waals surface area (Å²) in [4.78, 5) is 0. The highest BCUT2D eigenvalue weighted by atomic mass is 16.4. The number of nitrogens with two attached hydrogens (primary N) is 1. The van der Waals surface area contributed by atoms with Crippen molar-refractivity contribution in [3.63, 3.8) is 0 Å². The van der Waals surface area contributed by atoms with E-state index in [2.05, 4.69) is 5.32 Å². The van der Waals surface area contributed by atoms with Gasteiger partial charge in [0.2, 0.25) is 0 Å². The van der Waals surface area contributed by atoms with E-state index in [0.29, 0.717) is 12.3 Å². The van der Waals surface area contributed by atoms with Gasteiger partial charge in [-0.15, -0.1) is 0 Å². The predicted molar refractivity (Wildman–Crippen MR) is 54.6 cm³/mol. The van der Waals surface area contributed by atoms with E-state index in [0.717, 1.165) is 31.7 Å². The molecule has 0 aliphatic carbocycles. The van der Waals surface area contributed by atoms with Gasteiger partial charge in [-0.1, -0.05) is 0 Å². The molecule has 4 N–H and O–H groups in total. The molecule has 4 heteroatoms. The lowest BCUT2D eigenvalue weighted by Gasteiger charge is -2.01. The zero-order chi connectivity index (χ0) is 10.2. The molecule has 1 aromatic heterocycles. The highest BCUT2D eigenvalue weighted by Crippen LogP contribution is 2.06. The molecule has 0 bridgehead atoms. The molecule has 0 saturated carbocycles. The molecule has 1 heterocycles. The molecule has 0 aromatic carbocycles. The van der Waals surface area contributed by atoms with Crippen molar-refractivity contribution >= 4 is 0 Å². The van der Waals surface area contributed by atoms with Crippen molar-refractivity contribution in [2.24, 2.45) is 5.73 Å². The quantitative estimate of drug-likeness (QED) is 0.561. The van der Waals surface area contributed by atoms with E-state index in [4.69, 9.17) is 15.3 Å². The molecule has 80 valence electrons. The zero-order valence-corrected chi connectivity index (χ0v) is 8.33. The van der Waals surface area contributed by atoms with Gasteiger partial charge in [0.05, 0.1) is 6.54 Å². The number of rotatable bonds is 7. The van der Waals surface area contributed by atoms with E-state index in [1.807, 2.05) is 6.07 Å². The van der Waals surface area contributed by atoms with Crippen LogP contribution < -0.4 is 11.1 Å². The minimum Gasteiger partial charge on any atom is -0.462 e. The summed E-state index contributed by atoms with van der Waals surface area (Å²) in [5.41, 5.74) is 5.37. The van der Waals surface area contributed by atoms with Crippen molar-refractivity contribution in [2.45, 2.75) is 26.0 Å². The molecule has 0 aliphatic heterocycles. The molecule has 0 fully saturated rings. The summed E-state index contributed by atoms with van der Waals surface area (Å²) in [5, 5.41) is 12.0. The maximum Gasteiger partial charge on any atom is 0.129 e. The monoisotopic (exact) mass is 198 g/mol. The van der Waals surface area contributed by atoms with Gasteiger partial charge in [-0.25, -0.2) is 0 Å². The first-order chi connectivity index (χ1) is 6.86. The van der Waals surface area contributed by atoms with Gasteiger partial charge in [0.25, 0.3) is 0 Å². The van der Waals surface area contributed by atoms with Gasteiger partial charge in [0.15, 0.2) is 0 Å². The van der Waals surface area contributed by atoms with Crippen LogP contribution in [0, 0.1) is 0 Å². The van der Waals surface area contributed by atoms with Crippen LogP contribution in [-0.4, -0.2) is 18.2 Å². The maximum absolute atomic E-state index is 8.76. The van der Waals surface area contributed by atoms with Crippen molar-refractivity contribution in [2.75, 3.05) is 13.1 Å². The van der Waals surface area contributed by atoms with E-state index in [9.17, 15) is 0 Å². The second kappa shape index (κ2) is 6.59. The zero-order valence-electron chi connectivity index (χ0n) is 8.33. The Morgan fingerprint density at radius 2 is 2.07 bits per heavy atom. The molecule has 0 spiro atoms. The molecule has 0 amide bonds. The average Bonchev–Trinajstić information content (AvgIpc) is 2.65. The van der Waals surface area contributed by atoms with Crippen LogP contribution in [0.2, 0.25) is 0 Å². The third kappa shape index (κ3) is 3.91. The van der Waals surface area contributed by atoms with Gasteiger partial charge in [-0.2, -0.15) is 0 Å². The van der Waals surface area contributed by atoms with Crippen LogP contribution in [0.4, 0.5) is 0 Å². The Morgan fingerprint density at radius 1 is 1.29 bits per heavy atom. The number of aliphatic hydroxyl groups excluding tert-OH is 1. The maximum atomic E-state index is 8.76. The molecular formula is C10H18N2O2. The highest BCUT2D eigenvalue weighted by molar-refractivity contribution is 5.05. The predicted octanol–water partition coefficient (Wildman–Crippen LogP) is 0.600. The Kier molecular flexibility index (Phi) is 5.29. The number of furan rings is 1. The number of hydrogen-bond donors (Lipinski definition) is 3. The lowest BCUT2D eigenvalue weighted by molar-refractivity contribution is 0.243. The third-order valence-electron chi connectivity index (χ3n) is 1.98. The third-order valence-corrected chi connectivity index (χ3v) is 1.98. The van der Waals surface area contributed by atoms with Crippen molar-refractivity contribution in [1.82, 2.24) is 5.32 Å². The normalized spacial score (nSPS) is 10.7. The van der Waals surface area contributed by atoms with Crippen LogP contribution in [-0.2, 0) is 13.2 Å². The van der Waals surface area contributed by atoms with Crippen molar-refractivity contribution < 1.29 is 9.52 Å². The Hall–Kier alpha value is -0.840. The van der Waals surface area contributed by atoms with E-state index >= 15 is 0 Å². The second-order valence-electron chi connectivity index (χ2n) is 3.20. The smallest absolute Gasteiger partial charge is 0.129 e. The standard InChI is InChI=1S/C10H18N2O2/c11-5-1-2-6-12-7-9-3-4-10(8-13)14-9/h3-4,12-13H,1-2,5-8,11H2. The van der Waals surface area contributed by atoms with Crippen LogP contribution in [0.15, 0.2) is 16.5 Å². The molecule has 0 atom stereocenters. The van der Waals surface area contributed by atoms with Gasteiger partial charge in [0.1, 0.15) is 18.1 Å². The first-order valence-corrected chi connectivity index (χ1v) is 4.96. The summed E-state index contributed by atoms with van der Waals surface area (Å²) in [6.45, 7) is 2.38. The van der Waals surface area contributed by atoms with Crippen molar-refractivity contribution in [3.05, 3.63) is 23.7 Å². The SMILES string of the molecule is NCCCCNCc1ccc(CO)o1. The average molecular weight is 198 g/mol. The molecule has 4 nitrogen and oxygen atoms in total. The van der Waals surface area contributed by atoms with Gasteiger partial charge >= 0.3 is 0 Å². The lowest BCUT2D eigenvalue weighted by Crippen LogP contribution is -2.15. The van der Waals surface area contributed by atoms with Crippen molar-refractivity contribution in [1.29, 1.82) is 0 Å². The van der Waals surface area contributed by atoms with E-state index in [1.54, 1.807) is 6.07 Å². The summed E-state index contributed by atoms with van der Waals surface area (Å²) in [6, 6.07) is 3.67. The fourth-order valence-electron chi connectivity index (χ4n) is 1.21. The fourth-order valence-corrected chi connectivity index (χ4v) is 1.21. The lowest BCUT2D eigenvalue weighted by atomic mass is 10.3. The molecule has 1 rings (SSSR count). The molecule has 0 aliphatic rings. The molecule has 14 heavy (non-hydrogen) atoms. The van der Waals surface area contributed by atoms with Crippen LogP contribution in [0.1, 0.15) is 24.4 Å². The topological polar surface area (TPSA) is 71.4 Å². The summed E-state index contributed by atoms with van der Waals surface area (Å²) in [5.74, 6) is 1.48. The largest absolute Gasteiger partial charge is 0.462 e. The Bertz CT molecular complexity index is 248. The van der Waals surface area contributed by atoms with Crippen LogP contribution in [0.3, 0.4) is 0 Å². The Morgan fingerprint density at radius 3 is 2.71 bits per heavy atom. The summed E-state index contributed by atoms with van der Waals surface area (Å²) < 4.78 is 5.30. The minimum absolute atomic E-state index is 0.0346. The van der Waals surface area contributed by atoms with Gasteiger partial charge < -0.3 is 20.6 Å². The number of aliphatic hydroxyl groups is 1. The molecule has 1 aromatic rings. The molecule has 0 saturated heterocycles. The van der Waals surface area contributed by atoms with E-state index in [1.165, 1.54) is 0 Å². The van der Waals surface area contributed by atoms with Gasteiger partial charge in [0, 0.05) is 0 Å². The van der Waals surface area contributed by atoms with E-state index < -0.39 is 0 Å². The Labute approximate surface area is 84.1 Å². The van der Waals surface area contributed by atoms with Crippen molar-refractivity contribution in [3.8, 4) is 0 Å². The summed E-state index contributed by atoms with van der Waals surface area (Å²) in [7, 11) is 0. The van der Waals surface area contributed by atoms with Crippen LogP contribution in [0.25, 0.3) is 0 Å². The fraction of sp³-hybridized carbons (Fsp3) is 0.600. The van der Waals surface area contributed by atoms with Crippen LogP contribution >= 0.6 is 0 Å².